The summed E-state index contributed by atoms with van der Waals surface area (Å²) in [5.41, 5.74) is 5.22. The van der Waals surface area contributed by atoms with Crippen LogP contribution in [0, 0.1) is 12.8 Å². The van der Waals surface area contributed by atoms with Crippen molar-refractivity contribution in [2.45, 2.75) is 27.2 Å². The highest BCUT2D eigenvalue weighted by atomic mass is 14.0. The molecule has 0 saturated heterocycles. The lowest BCUT2D eigenvalue weighted by Crippen LogP contribution is -1.93. The molecule has 0 nitrogen and oxygen atoms in total. The molecule has 0 aliphatic rings. The van der Waals surface area contributed by atoms with Crippen LogP contribution in [0.3, 0.4) is 0 Å². The van der Waals surface area contributed by atoms with E-state index in [1.54, 1.807) is 0 Å². The maximum atomic E-state index is 2.26. The van der Waals surface area contributed by atoms with Crippen molar-refractivity contribution in [1.82, 2.24) is 0 Å². The van der Waals surface area contributed by atoms with Gasteiger partial charge < -0.3 is 0 Å². The third-order valence-electron chi connectivity index (χ3n) is 3.17. The Morgan fingerprint density at radius 2 is 1.26 bits per heavy atom. The van der Waals surface area contributed by atoms with E-state index in [1.807, 2.05) is 0 Å². The van der Waals surface area contributed by atoms with E-state index in [2.05, 4.69) is 81.5 Å². The molecule has 0 aromatic heterocycles. The lowest BCUT2D eigenvalue weighted by molar-refractivity contribution is 0.647. The summed E-state index contributed by atoms with van der Waals surface area (Å²) in [5, 5.41) is 0. The van der Waals surface area contributed by atoms with Gasteiger partial charge in [0.25, 0.3) is 0 Å². The molecule has 0 aliphatic heterocycles. The molecule has 19 heavy (non-hydrogen) atoms. The standard InChI is InChI=1S/C19H22/c1-15(2)14-19-12-10-18(11-13-19)9-8-17-6-4-16(3)5-7-17/h4-13,15H,14H2,1-3H3/b9-8+. The first-order valence-electron chi connectivity index (χ1n) is 6.97. The van der Waals surface area contributed by atoms with Gasteiger partial charge in [0.15, 0.2) is 0 Å². The van der Waals surface area contributed by atoms with Crippen LogP contribution in [0.25, 0.3) is 12.2 Å². The van der Waals surface area contributed by atoms with Gasteiger partial charge in [-0.05, 0) is 36.0 Å². The van der Waals surface area contributed by atoms with E-state index < -0.39 is 0 Å². The minimum absolute atomic E-state index is 0.717. The number of benzene rings is 2. The Kier molecular flexibility index (Phi) is 4.57. The highest BCUT2D eigenvalue weighted by molar-refractivity contribution is 5.69. The molecule has 0 spiro atoms. The van der Waals surface area contributed by atoms with E-state index in [4.69, 9.17) is 0 Å². The van der Waals surface area contributed by atoms with E-state index in [-0.39, 0.29) is 0 Å². The maximum absolute atomic E-state index is 2.26. The van der Waals surface area contributed by atoms with Crippen molar-refractivity contribution >= 4 is 12.2 Å². The molecular weight excluding hydrogens is 228 g/mol. The topological polar surface area (TPSA) is 0 Å². The fourth-order valence-corrected chi connectivity index (χ4v) is 2.11. The molecule has 0 amide bonds. The highest BCUT2D eigenvalue weighted by Gasteiger charge is 1.96. The molecule has 0 fully saturated rings. The van der Waals surface area contributed by atoms with Gasteiger partial charge in [-0.25, -0.2) is 0 Å². The smallest absolute Gasteiger partial charge is 0.0256 e. The Bertz CT molecular complexity index is 527. The van der Waals surface area contributed by atoms with Crippen LogP contribution in [-0.4, -0.2) is 0 Å². The van der Waals surface area contributed by atoms with Gasteiger partial charge in [0.1, 0.15) is 0 Å². The molecule has 0 atom stereocenters. The predicted octanol–water partition coefficient (Wildman–Crippen LogP) is 5.36. The molecule has 0 saturated carbocycles. The van der Waals surface area contributed by atoms with Crippen molar-refractivity contribution in [2.24, 2.45) is 5.92 Å². The summed E-state index contributed by atoms with van der Waals surface area (Å²) in [6, 6.07) is 17.4. The van der Waals surface area contributed by atoms with Crippen LogP contribution in [0.4, 0.5) is 0 Å². The summed E-state index contributed by atoms with van der Waals surface area (Å²) in [7, 11) is 0. The minimum atomic E-state index is 0.717. The first-order chi connectivity index (χ1) is 9.13. The Labute approximate surface area is 116 Å². The summed E-state index contributed by atoms with van der Waals surface area (Å²) in [6.45, 7) is 6.62. The average Bonchev–Trinajstić information content (AvgIpc) is 2.39. The Morgan fingerprint density at radius 1 is 0.789 bits per heavy atom. The Balaban J connectivity index is 2.04. The molecule has 0 unspecified atom stereocenters. The van der Waals surface area contributed by atoms with Crippen LogP contribution in [0.2, 0.25) is 0 Å². The lowest BCUT2D eigenvalue weighted by atomic mass is 10.0. The number of rotatable bonds is 4. The monoisotopic (exact) mass is 250 g/mol. The predicted molar refractivity (Wildman–Crippen MR) is 85.1 cm³/mol. The van der Waals surface area contributed by atoms with Gasteiger partial charge in [0.2, 0.25) is 0 Å². The molecule has 98 valence electrons. The molecule has 2 aromatic carbocycles. The van der Waals surface area contributed by atoms with Gasteiger partial charge in [-0.15, -0.1) is 0 Å². The van der Waals surface area contributed by atoms with Crippen LogP contribution in [0.1, 0.15) is 36.1 Å². The van der Waals surface area contributed by atoms with Crippen molar-refractivity contribution in [3.8, 4) is 0 Å². The van der Waals surface area contributed by atoms with Crippen LogP contribution in [0.15, 0.2) is 48.5 Å². The number of hydrogen-bond donors (Lipinski definition) is 0. The molecule has 0 radical (unpaired) electrons. The van der Waals surface area contributed by atoms with Crippen molar-refractivity contribution < 1.29 is 0 Å². The van der Waals surface area contributed by atoms with Gasteiger partial charge >= 0.3 is 0 Å². The fourth-order valence-electron chi connectivity index (χ4n) is 2.11. The summed E-state index contributed by atoms with van der Waals surface area (Å²) in [4.78, 5) is 0. The van der Waals surface area contributed by atoms with Crippen LogP contribution < -0.4 is 0 Å². The van der Waals surface area contributed by atoms with E-state index in [1.165, 1.54) is 22.3 Å². The molecule has 0 aliphatic carbocycles. The normalized spacial score (nSPS) is 11.4. The zero-order chi connectivity index (χ0) is 13.7. The number of hydrogen-bond acceptors (Lipinski definition) is 0. The summed E-state index contributed by atoms with van der Waals surface area (Å²) in [6.07, 6.45) is 5.49. The average molecular weight is 250 g/mol. The van der Waals surface area contributed by atoms with Crippen molar-refractivity contribution in [1.29, 1.82) is 0 Å². The van der Waals surface area contributed by atoms with E-state index >= 15 is 0 Å². The quantitative estimate of drug-likeness (QED) is 0.640. The third kappa shape index (κ3) is 4.40. The van der Waals surface area contributed by atoms with Gasteiger partial charge in [0.05, 0.1) is 0 Å². The minimum Gasteiger partial charge on any atom is -0.0625 e. The van der Waals surface area contributed by atoms with Crippen LogP contribution in [0.5, 0.6) is 0 Å². The Morgan fingerprint density at radius 3 is 1.74 bits per heavy atom. The zero-order valence-corrected chi connectivity index (χ0v) is 12.1. The third-order valence-corrected chi connectivity index (χ3v) is 3.17. The molecular formula is C19H22. The number of aryl methyl sites for hydroxylation is 1. The zero-order valence-electron chi connectivity index (χ0n) is 12.1. The van der Waals surface area contributed by atoms with Gasteiger partial charge in [0, 0.05) is 0 Å². The van der Waals surface area contributed by atoms with Crippen molar-refractivity contribution in [3.63, 3.8) is 0 Å². The van der Waals surface area contributed by atoms with Gasteiger partial charge in [-0.1, -0.05) is 80.1 Å². The lowest BCUT2D eigenvalue weighted by Gasteiger charge is -2.04. The molecule has 2 rings (SSSR count). The first kappa shape index (κ1) is 13.6. The maximum Gasteiger partial charge on any atom is -0.0256 e. The van der Waals surface area contributed by atoms with E-state index in [0.29, 0.717) is 5.92 Å². The highest BCUT2D eigenvalue weighted by Crippen LogP contribution is 2.13. The summed E-state index contributed by atoms with van der Waals surface area (Å²) < 4.78 is 0. The van der Waals surface area contributed by atoms with Gasteiger partial charge in [-0.2, -0.15) is 0 Å². The SMILES string of the molecule is Cc1ccc(/C=C/c2ccc(CC(C)C)cc2)cc1. The molecule has 0 bridgehead atoms. The summed E-state index contributed by atoms with van der Waals surface area (Å²) in [5.74, 6) is 0.717. The molecule has 0 heterocycles. The molecule has 0 N–H and O–H groups in total. The Hall–Kier alpha value is -1.82. The molecule has 2 aromatic rings. The summed E-state index contributed by atoms with van der Waals surface area (Å²) >= 11 is 0. The van der Waals surface area contributed by atoms with E-state index in [0.717, 1.165) is 6.42 Å². The van der Waals surface area contributed by atoms with Crippen molar-refractivity contribution in [2.75, 3.05) is 0 Å². The molecule has 0 heteroatoms. The first-order valence-corrected chi connectivity index (χ1v) is 6.97. The second kappa shape index (κ2) is 6.38. The van der Waals surface area contributed by atoms with Crippen LogP contribution >= 0.6 is 0 Å². The van der Waals surface area contributed by atoms with Gasteiger partial charge in [-0.3, -0.25) is 0 Å². The second-order valence-electron chi connectivity index (χ2n) is 5.58. The fraction of sp³-hybridized carbons (Fsp3) is 0.263. The van der Waals surface area contributed by atoms with Crippen molar-refractivity contribution in [3.05, 3.63) is 70.8 Å². The largest absolute Gasteiger partial charge is 0.0625 e. The van der Waals surface area contributed by atoms with E-state index in [9.17, 15) is 0 Å². The second-order valence-corrected chi connectivity index (χ2v) is 5.58. The van der Waals surface area contributed by atoms with Crippen LogP contribution in [-0.2, 0) is 6.42 Å².